The molecule has 8 nitrogen and oxygen atoms in total. The molecule has 2 aliphatic heterocycles. The topological polar surface area (TPSA) is 110 Å². The van der Waals surface area contributed by atoms with Crippen LogP contribution in [0.25, 0.3) is 6.08 Å². The van der Waals surface area contributed by atoms with Gasteiger partial charge < -0.3 is 15.0 Å². The van der Waals surface area contributed by atoms with Crippen molar-refractivity contribution in [2.24, 2.45) is 0 Å². The third-order valence-corrected chi connectivity index (χ3v) is 8.41. The summed E-state index contributed by atoms with van der Waals surface area (Å²) in [5, 5.41) is 3.01. The van der Waals surface area contributed by atoms with Crippen molar-refractivity contribution in [3.8, 4) is 0 Å². The van der Waals surface area contributed by atoms with Crippen LogP contribution in [0.4, 0.5) is 10.7 Å². The number of hydrogen-bond donors (Lipinski definition) is 1. The third kappa shape index (κ3) is 5.17. The number of thiophene rings is 1. The monoisotopic (exact) mass is 488 g/mol. The second-order valence-corrected chi connectivity index (χ2v) is 11.1. The summed E-state index contributed by atoms with van der Waals surface area (Å²) < 4.78 is 29.2. The van der Waals surface area contributed by atoms with Gasteiger partial charge in [-0.15, -0.1) is 11.3 Å². The molecule has 3 heterocycles. The Morgan fingerprint density at radius 2 is 1.97 bits per heavy atom. The van der Waals surface area contributed by atoms with Crippen molar-refractivity contribution in [2.75, 3.05) is 29.1 Å². The molecule has 0 bridgehead atoms. The normalized spacial score (nSPS) is 17.2. The van der Waals surface area contributed by atoms with Crippen LogP contribution in [-0.2, 0) is 36.3 Å². The molecule has 1 saturated heterocycles. The smallest absolute Gasteiger partial charge is 0.341 e. The van der Waals surface area contributed by atoms with E-state index in [2.05, 4.69) is 5.32 Å². The van der Waals surface area contributed by atoms with E-state index < -0.39 is 21.7 Å². The van der Waals surface area contributed by atoms with Crippen LogP contribution in [0.1, 0.15) is 46.1 Å². The molecular formula is C23H24N2O6S2. The van der Waals surface area contributed by atoms with Crippen LogP contribution in [0.5, 0.6) is 0 Å². The van der Waals surface area contributed by atoms with Crippen molar-refractivity contribution >= 4 is 55.7 Å². The minimum absolute atomic E-state index is 0.0323. The molecule has 33 heavy (non-hydrogen) atoms. The number of carbonyl (C=O) groups is 3. The first-order valence-corrected chi connectivity index (χ1v) is 13.3. The standard InChI is InChI=1S/C23H24N2O6S2/c1-2-31-23(28)21-17-11-13-33(29,30)14-18(17)32-22(21)24-19(26)10-7-15-5-8-16(9-6-15)25-12-3-4-20(25)27/h5-10H,2-4,11-14H2,1H3,(H,24,26)/b10-7+. The van der Waals surface area contributed by atoms with Crippen LogP contribution in [0.3, 0.4) is 0 Å². The van der Waals surface area contributed by atoms with Crippen LogP contribution in [0, 0.1) is 0 Å². The van der Waals surface area contributed by atoms with Gasteiger partial charge in [-0.2, -0.15) is 0 Å². The first kappa shape index (κ1) is 23.2. The SMILES string of the molecule is CCOC(=O)c1c(NC(=O)/C=C/c2ccc(N3CCCC3=O)cc2)sc2c1CCS(=O)(=O)C2. The Morgan fingerprint density at radius 1 is 1.21 bits per heavy atom. The number of benzene rings is 1. The van der Waals surface area contributed by atoms with Crippen molar-refractivity contribution in [3.63, 3.8) is 0 Å². The van der Waals surface area contributed by atoms with Gasteiger partial charge in [-0.25, -0.2) is 13.2 Å². The molecule has 1 aromatic heterocycles. The molecule has 0 spiro atoms. The number of carbonyl (C=O) groups excluding carboxylic acids is 3. The lowest BCUT2D eigenvalue weighted by molar-refractivity contribution is -0.117. The van der Waals surface area contributed by atoms with E-state index in [1.165, 1.54) is 6.08 Å². The van der Waals surface area contributed by atoms with Gasteiger partial charge in [-0.05, 0) is 49.1 Å². The second-order valence-electron chi connectivity index (χ2n) is 7.83. The van der Waals surface area contributed by atoms with Crippen LogP contribution >= 0.6 is 11.3 Å². The van der Waals surface area contributed by atoms with Crippen molar-refractivity contribution in [1.29, 1.82) is 0 Å². The summed E-state index contributed by atoms with van der Waals surface area (Å²) in [6, 6.07) is 7.33. The Hall–Kier alpha value is -2.98. The number of anilines is 2. The molecule has 4 rings (SSSR count). The predicted molar refractivity (Wildman–Crippen MR) is 127 cm³/mol. The van der Waals surface area contributed by atoms with Crippen LogP contribution in [0.2, 0.25) is 0 Å². The summed E-state index contributed by atoms with van der Waals surface area (Å²) in [6.45, 7) is 2.58. The molecule has 0 saturated carbocycles. The van der Waals surface area contributed by atoms with Crippen LogP contribution < -0.4 is 10.2 Å². The van der Waals surface area contributed by atoms with E-state index in [4.69, 9.17) is 4.74 Å². The van der Waals surface area contributed by atoms with Gasteiger partial charge in [0.05, 0.1) is 23.7 Å². The molecule has 174 valence electrons. The summed E-state index contributed by atoms with van der Waals surface area (Å²) in [5.74, 6) is -1.07. The van der Waals surface area contributed by atoms with Gasteiger partial charge >= 0.3 is 5.97 Å². The third-order valence-electron chi connectivity index (χ3n) is 5.53. The Balaban J connectivity index is 1.50. The number of fused-ring (bicyclic) bond motifs is 1. The summed E-state index contributed by atoms with van der Waals surface area (Å²) >= 11 is 1.10. The van der Waals surface area contributed by atoms with Gasteiger partial charge in [-0.1, -0.05) is 12.1 Å². The summed E-state index contributed by atoms with van der Waals surface area (Å²) in [7, 11) is -3.22. The highest BCUT2D eigenvalue weighted by Gasteiger charge is 2.31. The summed E-state index contributed by atoms with van der Waals surface area (Å²) in [5.41, 5.74) is 2.49. The van der Waals surface area contributed by atoms with Crippen LogP contribution in [0.15, 0.2) is 30.3 Å². The highest BCUT2D eigenvalue weighted by molar-refractivity contribution is 7.90. The van der Waals surface area contributed by atoms with Gasteiger partial charge in [0, 0.05) is 29.6 Å². The quantitative estimate of drug-likeness (QED) is 0.494. The fourth-order valence-corrected chi connectivity index (χ4v) is 6.98. The maximum atomic E-state index is 12.6. The van der Waals surface area contributed by atoms with Crippen molar-refractivity contribution in [1.82, 2.24) is 0 Å². The number of ether oxygens (including phenoxy) is 1. The van der Waals surface area contributed by atoms with E-state index in [-0.39, 0.29) is 36.0 Å². The number of rotatable bonds is 6. The molecule has 1 fully saturated rings. The zero-order chi connectivity index (χ0) is 23.6. The minimum atomic E-state index is -3.22. The number of hydrogen-bond acceptors (Lipinski definition) is 7. The lowest BCUT2D eigenvalue weighted by Gasteiger charge is -2.15. The lowest BCUT2D eigenvalue weighted by Crippen LogP contribution is -2.23. The van der Waals surface area contributed by atoms with E-state index in [1.807, 2.05) is 24.3 Å². The first-order chi connectivity index (χ1) is 15.8. The van der Waals surface area contributed by atoms with E-state index in [9.17, 15) is 22.8 Å². The highest BCUT2D eigenvalue weighted by atomic mass is 32.2. The van der Waals surface area contributed by atoms with Gasteiger partial charge in [0.25, 0.3) is 0 Å². The number of sulfone groups is 1. The minimum Gasteiger partial charge on any atom is -0.462 e. The van der Waals surface area contributed by atoms with Gasteiger partial charge in [0.15, 0.2) is 9.84 Å². The molecule has 0 unspecified atom stereocenters. The summed E-state index contributed by atoms with van der Waals surface area (Å²) in [6.07, 6.45) is 4.62. The molecule has 2 aliphatic rings. The summed E-state index contributed by atoms with van der Waals surface area (Å²) in [4.78, 5) is 39.3. The molecule has 2 aromatic rings. The van der Waals surface area contributed by atoms with E-state index in [1.54, 1.807) is 17.9 Å². The van der Waals surface area contributed by atoms with Gasteiger partial charge in [0.2, 0.25) is 11.8 Å². The van der Waals surface area contributed by atoms with Crippen molar-refractivity contribution < 1.29 is 27.5 Å². The van der Waals surface area contributed by atoms with E-state index in [0.29, 0.717) is 28.4 Å². The maximum Gasteiger partial charge on any atom is 0.341 e. The fourth-order valence-electron chi connectivity index (χ4n) is 3.94. The Labute approximate surface area is 196 Å². The average molecular weight is 489 g/mol. The molecular weight excluding hydrogens is 464 g/mol. The highest BCUT2D eigenvalue weighted by Crippen LogP contribution is 2.38. The van der Waals surface area contributed by atoms with E-state index in [0.717, 1.165) is 29.0 Å². The Morgan fingerprint density at radius 3 is 2.64 bits per heavy atom. The van der Waals surface area contributed by atoms with Gasteiger partial charge in [0.1, 0.15) is 5.00 Å². The zero-order valence-corrected chi connectivity index (χ0v) is 19.8. The molecule has 1 aromatic carbocycles. The van der Waals surface area contributed by atoms with Crippen molar-refractivity contribution in [2.45, 2.75) is 31.9 Å². The average Bonchev–Trinajstić information content (AvgIpc) is 3.34. The molecule has 0 atom stereocenters. The van der Waals surface area contributed by atoms with Gasteiger partial charge in [-0.3, -0.25) is 9.59 Å². The molecule has 0 radical (unpaired) electrons. The lowest BCUT2D eigenvalue weighted by atomic mass is 10.1. The number of nitrogens with zero attached hydrogens (tertiary/aromatic N) is 1. The van der Waals surface area contributed by atoms with E-state index >= 15 is 0 Å². The molecule has 10 heteroatoms. The fraction of sp³-hybridized carbons (Fsp3) is 0.348. The number of esters is 1. The Bertz CT molecular complexity index is 1230. The van der Waals surface area contributed by atoms with Crippen molar-refractivity contribution in [3.05, 3.63) is 51.9 Å². The number of nitrogens with one attached hydrogen (secondary N) is 1. The molecule has 1 N–H and O–H groups in total. The number of amides is 2. The molecule has 0 aliphatic carbocycles. The largest absolute Gasteiger partial charge is 0.462 e. The first-order valence-electron chi connectivity index (χ1n) is 10.7. The zero-order valence-electron chi connectivity index (χ0n) is 18.1. The second kappa shape index (κ2) is 9.48. The van der Waals surface area contributed by atoms with Crippen LogP contribution in [-0.4, -0.2) is 45.1 Å². The predicted octanol–water partition coefficient (Wildman–Crippen LogP) is 3.17. The maximum absolute atomic E-state index is 12.6. The Kier molecular flexibility index (Phi) is 6.66. The molecule has 2 amide bonds.